The van der Waals surface area contributed by atoms with E-state index in [9.17, 15) is 19.5 Å². The Balaban J connectivity index is 1.34. The fourth-order valence-corrected chi connectivity index (χ4v) is 4.04. The second-order valence-electron chi connectivity index (χ2n) is 7.65. The van der Waals surface area contributed by atoms with Crippen molar-refractivity contribution in [2.45, 2.75) is 6.54 Å². The number of carbonyl (C=O) groups is 3. The van der Waals surface area contributed by atoms with Gasteiger partial charge in [0.1, 0.15) is 12.2 Å². The monoisotopic (exact) mass is 501 g/mol. The van der Waals surface area contributed by atoms with E-state index in [1.54, 1.807) is 34.5 Å². The number of nitrogens with one attached hydrogen (secondary N) is 3. The van der Waals surface area contributed by atoms with Gasteiger partial charge in [-0.3, -0.25) is 14.9 Å². The Morgan fingerprint density at radius 3 is 2.14 bits per heavy atom. The molecule has 3 aromatic carbocycles. The predicted octanol–water partition coefficient (Wildman–Crippen LogP) is 4.94. The van der Waals surface area contributed by atoms with Gasteiger partial charge in [-0.15, -0.1) is 11.3 Å². The number of nitrogens with zero attached hydrogens (tertiary/aromatic N) is 2. The summed E-state index contributed by atoms with van der Waals surface area (Å²) in [5, 5.41) is 19.3. The summed E-state index contributed by atoms with van der Waals surface area (Å²) in [6.45, 7) is 0.165. The van der Waals surface area contributed by atoms with Gasteiger partial charge < -0.3 is 20.6 Å². The number of carbonyl (C=O) groups excluding carboxylic acids is 2. The lowest BCUT2D eigenvalue weighted by molar-refractivity contribution is -0.135. The minimum atomic E-state index is -0.960. The largest absolute Gasteiger partial charge is 0.480 e. The maximum absolute atomic E-state index is 12.6. The smallest absolute Gasteiger partial charge is 0.323 e. The van der Waals surface area contributed by atoms with Gasteiger partial charge in [0.05, 0.1) is 0 Å². The number of thiazole rings is 1. The number of aliphatic carboxylic acids is 1. The molecular formula is C26H23N5O4S. The molecule has 0 atom stereocenters. The third-order valence-corrected chi connectivity index (χ3v) is 5.81. The molecule has 0 fully saturated rings. The first-order valence-electron chi connectivity index (χ1n) is 11.0. The Hall–Kier alpha value is -4.70. The number of hydrogen-bond donors (Lipinski definition) is 4. The fraction of sp³-hybridized carbons (Fsp3) is 0.0769. The number of aromatic nitrogens is 1. The zero-order valence-corrected chi connectivity index (χ0v) is 19.9. The molecule has 0 saturated carbocycles. The van der Waals surface area contributed by atoms with Crippen molar-refractivity contribution in [1.29, 1.82) is 0 Å². The van der Waals surface area contributed by atoms with Crippen LogP contribution < -0.4 is 20.9 Å². The Labute approximate surface area is 211 Å². The van der Waals surface area contributed by atoms with Crippen molar-refractivity contribution in [2.75, 3.05) is 22.1 Å². The van der Waals surface area contributed by atoms with Gasteiger partial charge in [-0.2, -0.15) is 0 Å². The zero-order chi connectivity index (χ0) is 25.3. The Kier molecular flexibility index (Phi) is 7.89. The van der Waals surface area contributed by atoms with E-state index < -0.39 is 17.9 Å². The molecule has 0 unspecified atom stereocenters. The topological polar surface area (TPSA) is 124 Å². The van der Waals surface area contributed by atoms with E-state index in [2.05, 4.69) is 20.9 Å². The van der Waals surface area contributed by atoms with Gasteiger partial charge >= 0.3 is 12.0 Å². The van der Waals surface area contributed by atoms with Gasteiger partial charge in [-0.1, -0.05) is 48.5 Å². The predicted molar refractivity (Wildman–Crippen MR) is 140 cm³/mol. The maximum Gasteiger partial charge on any atom is 0.323 e. The van der Waals surface area contributed by atoms with E-state index in [1.807, 2.05) is 60.7 Å². The van der Waals surface area contributed by atoms with Crippen LogP contribution in [0.15, 0.2) is 90.3 Å². The summed E-state index contributed by atoms with van der Waals surface area (Å²) in [4.78, 5) is 41.9. The number of hydrogen-bond acceptors (Lipinski definition) is 6. The molecule has 1 heterocycles. The molecule has 182 valence electrons. The lowest BCUT2D eigenvalue weighted by atomic mass is 10.2. The van der Waals surface area contributed by atoms with E-state index in [1.165, 1.54) is 0 Å². The molecule has 36 heavy (non-hydrogen) atoms. The van der Waals surface area contributed by atoms with Crippen LogP contribution in [0.4, 0.5) is 27.0 Å². The molecule has 3 amide bonds. The van der Waals surface area contributed by atoms with E-state index in [-0.39, 0.29) is 12.2 Å². The van der Waals surface area contributed by atoms with Crippen LogP contribution in [0.25, 0.3) is 0 Å². The number of amides is 3. The number of para-hydroxylation sites is 1. The average Bonchev–Trinajstić information content (AvgIpc) is 3.36. The molecule has 4 rings (SSSR count). The molecule has 10 heteroatoms. The first-order chi connectivity index (χ1) is 17.5. The summed E-state index contributed by atoms with van der Waals surface area (Å²) in [5.74, 6) is -1.39. The van der Waals surface area contributed by atoms with Crippen molar-refractivity contribution in [3.8, 4) is 0 Å². The average molecular weight is 502 g/mol. The number of carboxylic acids is 1. The molecule has 9 nitrogen and oxygen atoms in total. The minimum absolute atomic E-state index is 0.166. The van der Waals surface area contributed by atoms with Crippen LogP contribution in [-0.4, -0.2) is 34.5 Å². The van der Waals surface area contributed by atoms with Crippen molar-refractivity contribution in [3.05, 3.63) is 102 Å². The summed E-state index contributed by atoms with van der Waals surface area (Å²) >= 11 is 1.14. The molecule has 4 N–H and O–H groups in total. The van der Waals surface area contributed by atoms with Crippen molar-refractivity contribution < 1.29 is 19.5 Å². The van der Waals surface area contributed by atoms with Crippen LogP contribution in [0.1, 0.15) is 16.1 Å². The van der Waals surface area contributed by atoms with Crippen LogP contribution in [0.2, 0.25) is 0 Å². The van der Waals surface area contributed by atoms with Crippen molar-refractivity contribution in [3.63, 3.8) is 0 Å². The number of rotatable bonds is 9. The molecule has 0 aliphatic heterocycles. The van der Waals surface area contributed by atoms with E-state index in [0.717, 1.165) is 22.6 Å². The van der Waals surface area contributed by atoms with E-state index in [4.69, 9.17) is 0 Å². The van der Waals surface area contributed by atoms with Crippen LogP contribution in [-0.2, 0) is 11.3 Å². The summed E-state index contributed by atoms with van der Waals surface area (Å²) < 4.78 is 0. The molecule has 0 saturated heterocycles. The second-order valence-corrected chi connectivity index (χ2v) is 8.51. The number of carboxylic acid groups (broad SMARTS) is 1. The second kappa shape index (κ2) is 11.6. The van der Waals surface area contributed by atoms with Gasteiger partial charge in [-0.05, 0) is 42.0 Å². The van der Waals surface area contributed by atoms with Gasteiger partial charge in [0.25, 0.3) is 5.91 Å². The highest BCUT2D eigenvalue weighted by molar-refractivity contribution is 7.14. The van der Waals surface area contributed by atoms with Gasteiger partial charge in [0.15, 0.2) is 5.13 Å². The number of anilines is 4. The summed E-state index contributed by atoms with van der Waals surface area (Å²) in [6, 6.07) is 25.1. The third-order valence-electron chi connectivity index (χ3n) is 5.05. The zero-order valence-electron chi connectivity index (χ0n) is 19.0. The SMILES string of the molecule is O=C(O)CN(c1ccccc1)c1ccc(NC(=O)c2csc(NC(=O)NCc3ccccc3)n2)cc1. The first-order valence-corrected chi connectivity index (χ1v) is 11.9. The van der Waals surface area contributed by atoms with Crippen molar-refractivity contribution >= 4 is 51.4 Å². The lowest BCUT2D eigenvalue weighted by Crippen LogP contribution is -2.28. The highest BCUT2D eigenvalue weighted by Crippen LogP contribution is 2.26. The maximum atomic E-state index is 12.6. The van der Waals surface area contributed by atoms with Gasteiger partial charge in [-0.25, -0.2) is 9.78 Å². The highest BCUT2D eigenvalue weighted by Gasteiger charge is 2.15. The Bertz CT molecular complexity index is 1330. The standard InChI is InChI=1S/C26H23N5O4S/c32-23(33)16-31(20-9-5-2-6-10-20)21-13-11-19(12-14-21)28-24(34)22-17-36-26(29-22)30-25(35)27-15-18-7-3-1-4-8-18/h1-14,17H,15-16H2,(H,28,34)(H,32,33)(H2,27,29,30,35). The molecule has 0 spiro atoms. The lowest BCUT2D eigenvalue weighted by Gasteiger charge is -2.23. The first kappa shape index (κ1) is 24.4. The fourth-order valence-electron chi connectivity index (χ4n) is 3.35. The third kappa shape index (κ3) is 6.67. The Morgan fingerprint density at radius 1 is 0.833 bits per heavy atom. The molecule has 0 aliphatic rings. The molecule has 0 bridgehead atoms. The molecular weight excluding hydrogens is 478 g/mol. The Morgan fingerprint density at radius 2 is 1.47 bits per heavy atom. The van der Waals surface area contributed by atoms with Gasteiger partial charge in [0.2, 0.25) is 0 Å². The van der Waals surface area contributed by atoms with Gasteiger partial charge in [0, 0.05) is 29.0 Å². The quantitative estimate of drug-likeness (QED) is 0.258. The van der Waals surface area contributed by atoms with Crippen molar-refractivity contribution in [2.24, 2.45) is 0 Å². The summed E-state index contributed by atoms with van der Waals surface area (Å²) in [5.41, 5.74) is 3.07. The van der Waals surface area contributed by atoms with Crippen LogP contribution >= 0.6 is 11.3 Å². The number of urea groups is 1. The van der Waals surface area contributed by atoms with Crippen molar-refractivity contribution in [1.82, 2.24) is 10.3 Å². The van der Waals surface area contributed by atoms with Crippen LogP contribution in [0.3, 0.4) is 0 Å². The van der Waals surface area contributed by atoms with E-state index in [0.29, 0.717) is 23.1 Å². The summed E-state index contributed by atoms with van der Waals surface area (Å²) in [6.07, 6.45) is 0. The molecule has 1 aromatic heterocycles. The normalized spacial score (nSPS) is 10.3. The molecule has 0 aliphatic carbocycles. The summed E-state index contributed by atoms with van der Waals surface area (Å²) in [7, 11) is 0. The van der Waals surface area contributed by atoms with E-state index >= 15 is 0 Å². The minimum Gasteiger partial charge on any atom is -0.480 e. The highest BCUT2D eigenvalue weighted by atomic mass is 32.1. The van der Waals surface area contributed by atoms with Crippen LogP contribution in [0.5, 0.6) is 0 Å². The molecule has 0 radical (unpaired) electrons. The number of benzene rings is 3. The van der Waals surface area contributed by atoms with Crippen LogP contribution in [0, 0.1) is 0 Å². The molecule has 4 aromatic rings.